The van der Waals surface area contributed by atoms with Crippen LogP contribution in [0.5, 0.6) is 0 Å². The van der Waals surface area contributed by atoms with Gasteiger partial charge in [-0.05, 0) is 38.1 Å². The lowest BCUT2D eigenvalue weighted by molar-refractivity contribution is 0.325. The van der Waals surface area contributed by atoms with Gasteiger partial charge in [-0.25, -0.2) is 4.79 Å². The van der Waals surface area contributed by atoms with Crippen LogP contribution in [0.25, 0.3) is 11.0 Å². The third kappa shape index (κ3) is 2.57. The van der Waals surface area contributed by atoms with E-state index in [4.69, 9.17) is 4.42 Å². The van der Waals surface area contributed by atoms with Gasteiger partial charge >= 0.3 is 5.63 Å². The van der Waals surface area contributed by atoms with Crippen molar-refractivity contribution < 1.29 is 4.42 Å². The first-order chi connectivity index (χ1) is 8.33. The Hall–Kier alpha value is -1.32. The molecule has 1 aromatic heterocycles. The average Bonchev–Trinajstić information content (AvgIpc) is 2.83. The number of likely N-dealkylation sites (tertiary alicyclic amines) is 1. The van der Waals surface area contributed by atoms with Gasteiger partial charge < -0.3 is 4.42 Å². The SMILES string of the molecule is Cl.O=c1oc2ccccc2cc1CN1CCCC1. The first kappa shape index (κ1) is 13.1. The lowest BCUT2D eigenvalue weighted by Crippen LogP contribution is -2.22. The number of hydrogen-bond acceptors (Lipinski definition) is 3. The number of rotatable bonds is 2. The Bertz CT molecular complexity index is 588. The van der Waals surface area contributed by atoms with Crippen LogP contribution in [0, 0.1) is 0 Å². The van der Waals surface area contributed by atoms with Crippen molar-refractivity contribution in [3.05, 3.63) is 46.3 Å². The predicted molar refractivity (Wildman–Crippen MR) is 74.2 cm³/mol. The monoisotopic (exact) mass is 265 g/mol. The first-order valence-electron chi connectivity index (χ1n) is 6.07. The molecule has 0 spiro atoms. The molecule has 0 N–H and O–H groups in total. The summed E-state index contributed by atoms with van der Waals surface area (Å²) in [6.45, 7) is 2.89. The van der Waals surface area contributed by atoms with Gasteiger partial charge in [0.2, 0.25) is 0 Å². The fourth-order valence-corrected chi connectivity index (χ4v) is 2.40. The molecule has 4 heteroatoms. The number of benzene rings is 1. The Balaban J connectivity index is 0.00000120. The quantitative estimate of drug-likeness (QED) is 0.783. The standard InChI is InChI=1S/C14H15NO2.ClH/c16-14-12(10-15-7-3-4-8-15)9-11-5-1-2-6-13(11)17-14;/h1-2,5-6,9H,3-4,7-8,10H2;1H. The molecule has 0 atom stereocenters. The summed E-state index contributed by atoms with van der Waals surface area (Å²) in [4.78, 5) is 14.1. The molecular formula is C14H16ClNO2. The van der Waals surface area contributed by atoms with Crippen molar-refractivity contribution in [3.8, 4) is 0 Å². The topological polar surface area (TPSA) is 33.5 Å². The lowest BCUT2D eigenvalue weighted by atomic mass is 10.2. The number of halogens is 1. The Morgan fingerprint density at radius 2 is 1.89 bits per heavy atom. The Morgan fingerprint density at radius 3 is 2.67 bits per heavy atom. The molecule has 96 valence electrons. The molecular weight excluding hydrogens is 250 g/mol. The number of para-hydroxylation sites is 1. The van der Waals surface area contributed by atoms with Crippen molar-refractivity contribution in [3.63, 3.8) is 0 Å². The fraction of sp³-hybridized carbons (Fsp3) is 0.357. The molecule has 0 unspecified atom stereocenters. The second-order valence-corrected chi connectivity index (χ2v) is 4.58. The Kier molecular flexibility index (Phi) is 4.04. The van der Waals surface area contributed by atoms with Crippen LogP contribution in [-0.4, -0.2) is 18.0 Å². The molecule has 1 saturated heterocycles. The molecule has 3 nitrogen and oxygen atoms in total. The van der Waals surface area contributed by atoms with Crippen LogP contribution in [0.2, 0.25) is 0 Å². The summed E-state index contributed by atoms with van der Waals surface area (Å²) in [5.74, 6) is 0. The zero-order chi connectivity index (χ0) is 11.7. The molecule has 0 aliphatic carbocycles. The normalized spacial score (nSPS) is 15.8. The molecule has 18 heavy (non-hydrogen) atoms. The highest BCUT2D eigenvalue weighted by molar-refractivity contribution is 5.85. The van der Waals surface area contributed by atoms with E-state index in [2.05, 4.69) is 4.90 Å². The highest BCUT2D eigenvalue weighted by Gasteiger charge is 2.14. The summed E-state index contributed by atoms with van der Waals surface area (Å²) in [5.41, 5.74) is 1.24. The van der Waals surface area contributed by atoms with E-state index in [9.17, 15) is 4.79 Å². The maximum absolute atomic E-state index is 11.8. The van der Waals surface area contributed by atoms with Crippen LogP contribution < -0.4 is 5.63 Å². The lowest BCUT2D eigenvalue weighted by Gasteiger charge is -2.13. The summed E-state index contributed by atoms with van der Waals surface area (Å²) >= 11 is 0. The molecule has 1 aliphatic rings. The van der Waals surface area contributed by atoms with E-state index in [1.807, 2.05) is 30.3 Å². The average molecular weight is 266 g/mol. The van der Waals surface area contributed by atoms with Crippen molar-refractivity contribution in [1.29, 1.82) is 0 Å². The zero-order valence-corrected chi connectivity index (χ0v) is 10.9. The zero-order valence-electron chi connectivity index (χ0n) is 10.1. The minimum Gasteiger partial charge on any atom is -0.422 e. The Morgan fingerprint density at radius 1 is 1.17 bits per heavy atom. The molecule has 0 bridgehead atoms. The van der Waals surface area contributed by atoms with Gasteiger partial charge in [0, 0.05) is 11.9 Å². The second kappa shape index (κ2) is 5.55. The number of nitrogens with zero attached hydrogens (tertiary/aromatic N) is 1. The summed E-state index contributed by atoms with van der Waals surface area (Å²) in [5, 5.41) is 1.00. The molecule has 1 fully saturated rings. The molecule has 3 rings (SSSR count). The molecule has 0 saturated carbocycles. The highest BCUT2D eigenvalue weighted by atomic mass is 35.5. The summed E-state index contributed by atoms with van der Waals surface area (Å²) in [6.07, 6.45) is 2.47. The predicted octanol–water partition coefficient (Wildman–Crippen LogP) is 2.81. The molecule has 1 aromatic carbocycles. The highest BCUT2D eigenvalue weighted by Crippen LogP contribution is 2.15. The fourth-order valence-electron chi connectivity index (χ4n) is 2.40. The van der Waals surface area contributed by atoms with E-state index in [1.165, 1.54) is 12.8 Å². The van der Waals surface area contributed by atoms with Crippen molar-refractivity contribution in [2.45, 2.75) is 19.4 Å². The van der Waals surface area contributed by atoms with Crippen LogP contribution in [0.4, 0.5) is 0 Å². The van der Waals surface area contributed by atoms with Crippen molar-refractivity contribution in [2.24, 2.45) is 0 Å². The van der Waals surface area contributed by atoms with Crippen molar-refractivity contribution in [2.75, 3.05) is 13.1 Å². The second-order valence-electron chi connectivity index (χ2n) is 4.58. The molecule has 2 aromatic rings. The van der Waals surface area contributed by atoms with E-state index >= 15 is 0 Å². The summed E-state index contributed by atoms with van der Waals surface area (Å²) in [6, 6.07) is 9.61. The van der Waals surface area contributed by atoms with Crippen LogP contribution >= 0.6 is 12.4 Å². The minimum atomic E-state index is -0.199. The van der Waals surface area contributed by atoms with Gasteiger partial charge in [-0.3, -0.25) is 4.90 Å². The van der Waals surface area contributed by atoms with E-state index in [-0.39, 0.29) is 18.0 Å². The van der Waals surface area contributed by atoms with Gasteiger partial charge in [-0.15, -0.1) is 12.4 Å². The van der Waals surface area contributed by atoms with Crippen LogP contribution in [0.3, 0.4) is 0 Å². The molecule has 2 heterocycles. The van der Waals surface area contributed by atoms with Gasteiger partial charge in [0.25, 0.3) is 0 Å². The smallest absolute Gasteiger partial charge is 0.340 e. The van der Waals surface area contributed by atoms with Crippen LogP contribution in [-0.2, 0) is 6.54 Å². The first-order valence-corrected chi connectivity index (χ1v) is 6.07. The maximum atomic E-state index is 11.8. The maximum Gasteiger partial charge on any atom is 0.340 e. The summed E-state index contributed by atoms with van der Waals surface area (Å²) < 4.78 is 5.32. The minimum absolute atomic E-state index is 0. The molecule has 0 amide bonds. The van der Waals surface area contributed by atoms with E-state index in [1.54, 1.807) is 0 Å². The summed E-state index contributed by atoms with van der Waals surface area (Å²) in [7, 11) is 0. The Labute approximate surface area is 112 Å². The van der Waals surface area contributed by atoms with Gasteiger partial charge in [0.05, 0.1) is 5.56 Å². The molecule has 1 aliphatic heterocycles. The van der Waals surface area contributed by atoms with E-state index in [0.717, 1.165) is 24.0 Å². The van der Waals surface area contributed by atoms with Gasteiger partial charge in [0.1, 0.15) is 5.58 Å². The van der Waals surface area contributed by atoms with E-state index in [0.29, 0.717) is 12.1 Å². The van der Waals surface area contributed by atoms with Crippen LogP contribution in [0.1, 0.15) is 18.4 Å². The molecule has 0 radical (unpaired) electrons. The largest absolute Gasteiger partial charge is 0.422 e. The van der Waals surface area contributed by atoms with Gasteiger partial charge in [-0.1, -0.05) is 18.2 Å². The van der Waals surface area contributed by atoms with Crippen LogP contribution in [0.15, 0.2) is 39.5 Å². The van der Waals surface area contributed by atoms with Gasteiger partial charge in [-0.2, -0.15) is 0 Å². The third-order valence-corrected chi connectivity index (χ3v) is 3.31. The van der Waals surface area contributed by atoms with E-state index < -0.39 is 0 Å². The third-order valence-electron chi connectivity index (χ3n) is 3.31. The van der Waals surface area contributed by atoms with Crippen molar-refractivity contribution >= 4 is 23.4 Å². The number of hydrogen-bond donors (Lipinski definition) is 0. The number of fused-ring (bicyclic) bond motifs is 1. The van der Waals surface area contributed by atoms with Crippen molar-refractivity contribution in [1.82, 2.24) is 4.90 Å². The van der Waals surface area contributed by atoms with Gasteiger partial charge in [0.15, 0.2) is 0 Å².